The molecular formula is C12H9NO2. The molecule has 3 nitrogen and oxygen atoms in total. The van der Waals surface area contributed by atoms with Gasteiger partial charge in [-0.2, -0.15) is 0 Å². The van der Waals surface area contributed by atoms with E-state index < -0.39 is 5.97 Å². The van der Waals surface area contributed by atoms with Crippen LogP contribution in [0, 0.1) is 11.8 Å². The molecular weight excluding hydrogens is 190 g/mol. The number of rotatable bonds is 0. The number of nitrogens with one attached hydrogen (secondary N) is 1. The van der Waals surface area contributed by atoms with Gasteiger partial charge in [-0.25, -0.2) is 4.79 Å². The number of aromatic nitrogens is 1. The van der Waals surface area contributed by atoms with Crippen molar-refractivity contribution < 1.29 is 9.53 Å². The molecule has 0 aliphatic carbocycles. The summed E-state index contributed by atoms with van der Waals surface area (Å²) in [7, 11) is 1.31. The summed E-state index contributed by atoms with van der Waals surface area (Å²) >= 11 is 0. The first-order valence-electron chi connectivity index (χ1n) is 4.47. The standard InChI is InChI=1S/C12H9NO2/c1-15-12(14)5-3-9-2-4-10-6-7-13-11(10)8-9/h2,4,6-8,13H,1H3. The van der Waals surface area contributed by atoms with E-state index in [1.165, 1.54) is 7.11 Å². The Morgan fingerprint density at radius 2 is 2.27 bits per heavy atom. The first-order chi connectivity index (χ1) is 7.29. The largest absolute Gasteiger partial charge is 0.459 e. The van der Waals surface area contributed by atoms with E-state index in [0.29, 0.717) is 0 Å². The Hall–Kier alpha value is -2.21. The molecule has 0 saturated heterocycles. The molecule has 0 aliphatic heterocycles. The van der Waals surface area contributed by atoms with Crippen LogP contribution in [0.1, 0.15) is 5.56 Å². The summed E-state index contributed by atoms with van der Waals surface area (Å²) in [6.45, 7) is 0. The Labute approximate surface area is 87.1 Å². The number of hydrogen-bond donors (Lipinski definition) is 1. The SMILES string of the molecule is COC(=O)C#Cc1ccc2cc[nH]c2c1. The van der Waals surface area contributed by atoms with Crippen LogP contribution in [0.3, 0.4) is 0 Å². The van der Waals surface area contributed by atoms with Crippen molar-refractivity contribution in [2.75, 3.05) is 7.11 Å². The summed E-state index contributed by atoms with van der Waals surface area (Å²) in [5, 5.41) is 1.12. The third kappa shape index (κ3) is 2.00. The summed E-state index contributed by atoms with van der Waals surface area (Å²) < 4.78 is 4.42. The highest BCUT2D eigenvalue weighted by Crippen LogP contribution is 2.13. The molecule has 3 heteroatoms. The summed E-state index contributed by atoms with van der Waals surface area (Å²) in [6, 6.07) is 7.69. The zero-order valence-corrected chi connectivity index (χ0v) is 8.20. The number of benzene rings is 1. The van der Waals surface area contributed by atoms with Crippen LogP contribution < -0.4 is 0 Å². The number of H-pyrrole nitrogens is 1. The van der Waals surface area contributed by atoms with Gasteiger partial charge >= 0.3 is 5.97 Å². The van der Waals surface area contributed by atoms with Crippen molar-refractivity contribution >= 4 is 16.9 Å². The van der Waals surface area contributed by atoms with E-state index in [1.54, 1.807) is 0 Å². The van der Waals surface area contributed by atoms with Crippen LogP contribution in [0.2, 0.25) is 0 Å². The van der Waals surface area contributed by atoms with E-state index in [0.717, 1.165) is 16.5 Å². The van der Waals surface area contributed by atoms with Gasteiger partial charge in [-0.3, -0.25) is 0 Å². The number of ether oxygens (including phenoxy) is 1. The number of fused-ring (bicyclic) bond motifs is 1. The minimum atomic E-state index is -0.526. The fourth-order valence-corrected chi connectivity index (χ4v) is 1.30. The average molecular weight is 199 g/mol. The van der Waals surface area contributed by atoms with Gasteiger partial charge in [0.15, 0.2) is 0 Å². The number of esters is 1. The van der Waals surface area contributed by atoms with Crippen LogP contribution in [-0.2, 0) is 9.53 Å². The fourth-order valence-electron chi connectivity index (χ4n) is 1.30. The zero-order valence-electron chi connectivity index (χ0n) is 8.20. The van der Waals surface area contributed by atoms with E-state index in [-0.39, 0.29) is 0 Å². The molecule has 0 unspecified atom stereocenters. The number of methoxy groups -OCH3 is 1. The van der Waals surface area contributed by atoms with Crippen molar-refractivity contribution in [1.29, 1.82) is 0 Å². The van der Waals surface area contributed by atoms with Gasteiger partial charge in [-0.05, 0) is 23.6 Å². The molecule has 74 valence electrons. The van der Waals surface area contributed by atoms with Crippen LogP contribution in [0.5, 0.6) is 0 Å². The molecule has 1 heterocycles. The van der Waals surface area contributed by atoms with E-state index in [9.17, 15) is 4.79 Å². The maximum Gasteiger partial charge on any atom is 0.384 e. The smallest absolute Gasteiger partial charge is 0.384 e. The molecule has 0 saturated carbocycles. The molecule has 0 atom stereocenters. The maximum absolute atomic E-state index is 10.8. The summed E-state index contributed by atoms with van der Waals surface area (Å²) in [4.78, 5) is 13.9. The van der Waals surface area contributed by atoms with Gasteiger partial charge in [0, 0.05) is 23.2 Å². The minimum Gasteiger partial charge on any atom is -0.459 e. The van der Waals surface area contributed by atoms with Crippen LogP contribution in [0.25, 0.3) is 10.9 Å². The molecule has 15 heavy (non-hydrogen) atoms. The van der Waals surface area contributed by atoms with Gasteiger partial charge in [0.25, 0.3) is 0 Å². The molecule has 0 radical (unpaired) electrons. The molecule has 0 amide bonds. The predicted molar refractivity (Wildman–Crippen MR) is 57.2 cm³/mol. The van der Waals surface area contributed by atoms with Crippen molar-refractivity contribution in [3.63, 3.8) is 0 Å². The van der Waals surface area contributed by atoms with Crippen molar-refractivity contribution in [2.24, 2.45) is 0 Å². The highest BCUT2D eigenvalue weighted by molar-refractivity contribution is 5.89. The minimum absolute atomic E-state index is 0.526. The predicted octanol–water partition coefficient (Wildman–Crippen LogP) is 1.69. The van der Waals surface area contributed by atoms with Crippen LogP contribution in [-0.4, -0.2) is 18.1 Å². The van der Waals surface area contributed by atoms with Gasteiger partial charge in [0.05, 0.1) is 7.11 Å². The third-order valence-corrected chi connectivity index (χ3v) is 2.05. The van der Waals surface area contributed by atoms with Gasteiger partial charge < -0.3 is 9.72 Å². The van der Waals surface area contributed by atoms with Gasteiger partial charge in [0.1, 0.15) is 0 Å². The Morgan fingerprint density at radius 3 is 3.07 bits per heavy atom. The first kappa shape index (κ1) is 9.35. The number of hydrogen-bond acceptors (Lipinski definition) is 2. The molecule has 0 aliphatic rings. The van der Waals surface area contributed by atoms with Crippen LogP contribution >= 0.6 is 0 Å². The van der Waals surface area contributed by atoms with E-state index in [2.05, 4.69) is 21.6 Å². The van der Waals surface area contributed by atoms with Crippen LogP contribution in [0.4, 0.5) is 0 Å². The second-order valence-electron chi connectivity index (χ2n) is 3.02. The zero-order chi connectivity index (χ0) is 10.7. The number of aromatic amines is 1. The normalized spacial score (nSPS) is 9.40. The van der Waals surface area contributed by atoms with Crippen molar-refractivity contribution in [2.45, 2.75) is 0 Å². The lowest BCUT2D eigenvalue weighted by molar-refractivity contribution is -0.133. The average Bonchev–Trinajstić information content (AvgIpc) is 2.72. The molecule has 0 spiro atoms. The summed E-state index contributed by atoms with van der Waals surface area (Å²) in [5.74, 6) is 4.59. The maximum atomic E-state index is 10.8. The van der Waals surface area contributed by atoms with E-state index >= 15 is 0 Å². The highest BCUT2D eigenvalue weighted by atomic mass is 16.5. The molecule has 2 aromatic rings. The van der Waals surface area contributed by atoms with Crippen molar-refractivity contribution in [3.8, 4) is 11.8 Å². The highest BCUT2D eigenvalue weighted by Gasteiger charge is 1.95. The Morgan fingerprint density at radius 1 is 1.40 bits per heavy atom. The molecule has 1 aromatic heterocycles. The van der Waals surface area contributed by atoms with E-state index in [1.807, 2.05) is 30.5 Å². The lowest BCUT2D eigenvalue weighted by Gasteiger charge is -1.91. The molecule has 1 aromatic carbocycles. The first-order valence-corrected chi connectivity index (χ1v) is 4.47. The second kappa shape index (κ2) is 3.89. The lowest BCUT2D eigenvalue weighted by Crippen LogP contribution is -1.94. The van der Waals surface area contributed by atoms with Crippen molar-refractivity contribution in [3.05, 3.63) is 36.0 Å². The van der Waals surface area contributed by atoms with Crippen molar-refractivity contribution in [1.82, 2.24) is 4.98 Å². The quantitative estimate of drug-likeness (QED) is 0.518. The van der Waals surface area contributed by atoms with Gasteiger partial charge in [-0.1, -0.05) is 12.0 Å². The summed E-state index contributed by atoms with van der Waals surface area (Å²) in [6.07, 6.45) is 1.86. The molecule has 1 N–H and O–H groups in total. The monoisotopic (exact) mass is 199 g/mol. The lowest BCUT2D eigenvalue weighted by atomic mass is 10.2. The summed E-state index contributed by atoms with van der Waals surface area (Å²) in [5.41, 5.74) is 1.79. The Kier molecular flexibility index (Phi) is 2.42. The number of carbonyl (C=O) groups excluding carboxylic acids is 1. The number of carbonyl (C=O) groups is 1. The van der Waals surface area contributed by atoms with Crippen LogP contribution in [0.15, 0.2) is 30.5 Å². The van der Waals surface area contributed by atoms with E-state index in [4.69, 9.17) is 0 Å². The topological polar surface area (TPSA) is 42.1 Å². The molecule has 0 fully saturated rings. The second-order valence-corrected chi connectivity index (χ2v) is 3.02. The Bertz CT molecular complexity index is 557. The Balaban J connectivity index is 2.35. The molecule has 2 rings (SSSR count). The molecule has 0 bridgehead atoms. The third-order valence-electron chi connectivity index (χ3n) is 2.05. The van der Waals surface area contributed by atoms with Gasteiger partial charge in [-0.15, -0.1) is 0 Å². The fraction of sp³-hybridized carbons (Fsp3) is 0.0833. The van der Waals surface area contributed by atoms with Gasteiger partial charge in [0.2, 0.25) is 0 Å².